The first kappa shape index (κ1) is 15.5. The summed E-state index contributed by atoms with van der Waals surface area (Å²) in [6, 6.07) is 6.10. The molecule has 1 aromatic carbocycles. The van der Waals surface area contributed by atoms with Gasteiger partial charge in [0.25, 0.3) is 0 Å². The fraction of sp³-hybridized carbons (Fsp3) is 0.647. The number of hydrogen-bond acceptors (Lipinski definition) is 2. The molecule has 2 aliphatic rings. The van der Waals surface area contributed by atoms with Crippen molar-refractivity contribution in [2.24, 2.45) is 5.92 Å². The third kappa shape index (κ3) is 3.85. The standard InChI is InChI=1S/C17H24Cl2N2/c18-12-15-11-16(19)3-4-17(15)21-9-5-14(6-10-21)13-20-7-1-2-8-20/h3-4,11,14H,1-2,5-10,12-13H2. The predicted molar refractivity (Wildman–Crippen MR) is 91.6 cm³/mol. The summed E-state index contributed by atoms with van der Waals surface area (Å²) < 4.78 is 0. The molecule has 2 nitrogen and oxygen atoms in total. The molecule has 2 heterocycles. The van der Waals surface area contributed by atoms with Crippen LogP contribution in [0.25, 0.3) is 0 Å². The highest BCUT2D eigenvalue weighted by Gasteiger charge is 2.23. The van der Waals surface area contributed by atoms with E-state index in [1.54, 1.807) is 0 Å². The Morgan fingerprint density at radius 1 is 1.05 bits per heavy atom. The van der Waals surface area contributed by atoms with E-state index in [9.17, 15) is 0 Å². The zero-order valence-corrected chi connectivity index (χ0v) is 14.0. The quantitative estimate of drug-likeness (QED) is 0.757. The average Bonchev–Trinajstić information content (AvgIpc) is 3.01. The average molecular weight is 327 g/mol. The van der Waals surface area contributed by atoms with Crippen molar-refractivity contribution in [1.82, 2.24) is 4.90 Å². The highest BCUT2D eigenvalue weighted by molar-refractivity contribution is 6.30. The lowest BCUT2D eigenvalue weighted by Crippen LogP contribution is -2.38. The largest absolute Gasteiger partial charge is 0.371 e. The maximum absolute atomic E-state index is 6.07. The van der Waals surface area contributed by atoms with Gasteiger partial charge in [0.15, 0.2) is 0 Å². The zero-order valence-electron chi connectivity index (χ0n) is 12.5. The van der Waals surface area contributed by atoms with Gasteiger partial charge in [-0.2, -0.15) is 0 Å². The first-order valence-corrected chi connectivity index (χ1v) is 8.99. The Morgan fingerprint density at radius 3 is 2.43 bits per heavy atom. The molecular formula is C17H24Cl2N2. The number of hydrogen-bond donors (Lipinski definition) is 0. The van der Waals surface area contributed by atoms with Crippen molar-refractivity contribution in [2.45, 2.75) is 31.6 Å². The normalized spacial score (nSPS) is 21.1. The molecule has 0 saturated carbocycles. The summed E-state index contributed by atoms with van der Waals surface area (Å²) in [6.45, 7) is 6.21. The monoisotopic (exact) mass is 326 g/mol. The number of alkyl halides is 1. The molecular weight excluding hydrogens is 303 g/mol. The van der Waals surface area contributed by atoms with Crippen LogP contribution in [-0.4, -0.2) is 37.6 Å². The summed E-state index contributed by atoms with van der Waals surface area (Å²) in [4.78, 5) is 5.13. The SMILES string of the molecule is ClCc1cc(Cl)ccc1N1CCC(CN2CCCC2)CC1. The number of anilines is 1. The molecule has 0 N–H and O–H groups in total. The molecule has 2 fully saturated rings. The first-order valence-electron chi connectivity index (χ1n) is 8.08. The van der Waals surface area contributed by atoms with Crippen LogP contribution in [0.5, 0.6) is 0 Å². The minimum atomic E-state index is 0.531. The fourth-order valence-electron chi connectivity index (χ4n) is 3.66. The lowest BCUT2D eigenvalue weighted by molar-refractivity contribution is 0.249. The highest BCUT2D eigenvalue weighted by atomic mass is 35.5. The number of rotatable bonds is 4. The molecule has 0 spiro atoms. The van der Waals surface area contributed by atoms with E-state index < -0.39 is 0 Å². The van der Waals surface area contributed by atoms with Gasteiger partial charge >= 0.3 is 0 Å². The molecule has 0 atom stereocenters. The molecule has 1 aromatic rings. The van der Waals surface area contributed by atoms with Gasteiger partial charge in [-0.3, -0.25) is 0 Å². The predicted octanol–water partition coefficient (Wildman–Crippen LogP) is 4.39. The van der Waals surface area contributed by atoms with Crippen molar-refractivity contribution in [3.05, 3.63) is 28.8 Å². The summed E-state index contributed by atoms with van der Waals surface area (Å²) in [5.41, 5.74) is 2.43. The molecule has 0 aromatic heterocycles. The molecule has 2 aliphatic heterocycles. The van der Waals surface area contributed by atoms with Crippen molar-refractivity contribution < 1.29 is 0 Å². The topological polar surface area (TPSA) is 6.48 Å². The second-order valence-electron chi connectivity index (χ2n) is 6.34. The van der Waals surface area contributed by atoms with Gasteiger partial charge in [-0.05, 0) is 68.5 Å². The zero-order chi connectivity index (χ0) is 14.7. The lowest BCUT2D eigenvalue weighted by Gasteiger charge is -2.36. The summed E-state index contributed by atoms with van der Waals surface area (Å²) in [5, 5.41) is 0.776. The Morgan fingerprint density at radius 2 is 1.76 bits per heavy atom. The number of halogens is 2. The highest BCUT2D eigenvalue weighted by Crippen LogP contribution is 2.30. The van der Waals surface area contributed by atoms with E-state index in [0.29, 0.717) is 5.88 Å². The Kier molecular flexibility index (Phi) is 5.31. The van der Waals surface area contributed by atoms with E-state index in [0.717, 1.165) is 29.6 Å². The number of likely N-dealkylation sites (tertiary alicyclic amines) is 1. The van der Waals surface area contributed by atoms with Crippen LogP contribution in [0.4, 0.5) is 5.69 Å². The van der Waals surface area contributed by atoms with Crippen molar-refractivity contribution in [3.63, 3.8) is 0 Å². The van der Waals surface area contributed by atoms with Gasteiger partial charge in [-0.25, -0.2) is 0 Å². The summed E-state index contributed by atoms with van der Waals surface area (Å²) in [6.07, 6.45) is 5.37. The van der Waals surface area contributed by atoms with Crippen LogP contribution in [0.2, 0.25) is 5.02 Å². The molecule has 2 saturated heterocycles. The van der Waals surface area contributed by atoms with Gasteiger partial charge in [0.2, 0.25) is 0 Å². The maximum atomic E-state index is 6.07. The van der Waals surface area contributed by atoms with Gasteiger partial charge < -0.3 is 9.80 Å². The van der Waals surface area contributed by atoms with Crippen LogP contribution in [0.1, 0.15) is 31.2 Å². The minimum Gasteiger partial charge on any atom is -0.371 e. The third-order valence-corrected chi connectivity index (χ3v) is 5.38. The van der Waals surface area contributed by atoms with E-state index in [4.69, 9.17) is 23.2 Å². The molecule has 0 unspecified atom stereocenters. The van der Waals surface area contributed by atoms with E-state index >= 15 is 0 Å². The van der Waals surface area contributed by atoms with Crippen molar-refractivity contribution >= 4 is 28.9 Å². The lowest BCUT2D eigenvalue weighted by atomic mass is 9.95. The van der Waals surface area contributed by atoms with Crippen LogP contribution in [0.15, 0.2) is 18.2 Å². The van der Waals surface area contributed by atoms with Crippen molar-refractivity contribution in [1.29, 1.82) is 0 Å². The third-order valence-electron chi connectivity index (χ3n) is 4.86. The van der Waals surface area contributed by atoms with Gasteiger partial charge in [0.1, 0.15) is 0 Å². The Bertz CT molecular complexity index is 464. The van der Waals surface area contributed by atoms with Crippen LogP contribution in [-0.2, 0) is 5.88 Å². The van der Waals surface area contributed by atoms with Crippen LogP contribution < -0.4 is 4.90 Å². The molecule has 3 rings (SSSR count). The van der Waals surface area contributed by atoms with E-state index in [1.165, 1.54) is 51.0 Å². The van der Waals surface area contributed by atoms with Gasteiger partial charge in [-0.1, -0.05) is 11.6 Å². The summed E-state index contributed by atoms with van der Waals surface area (Å²) in [7, 11) is 0. The maximum Gasteiger partial charge on any atom is 0.0495 e. The molecule has 0 amide bonds. The van der Waals surface area contributed by atoms with Crippen molar-refractivity contribution in [2.75, 3.05) is 37.6 Å². The smallest absolute Gasteiger partial charge is 0.0495 e. The molecule has 0 aliphatic carbocycles. The number of piperidine rings is 1. The molecule has 21 heavy (non-hydrogen) atoms. The molecule has 0 bridgehead atoms. The summed E-state index contributed by atoms with van der Waals surface area (Å²) in [5.74, 6) is 1.40. The Hall–Kier alpha value is -0.440. The second-order valence-corrected chi connectivity index (χ2v) is 7.05. The van der Waals surface area contributed by atoms with Crippen LogP contribution in [0, 0.1) is 5.92 Å². The van der Waals surface area contributed by atoms with Gasteiger partial charge in [0, 0.05) is 36.2 Å². The van der Waals surface area contributed by atoms with E-state index in [2.05, 4.69) is 15.9 Å². The first-order chi connectivity index (χ1) is 10.3. The van der Waals surface area contributed by atoms with Gasteiger partial charge in [0.05, 0.1) is 0 Å². The Balaban J connectivity index is 1.57. The van der Waals surface area contributed by atoms with Crippen LogP contribution >= 0.6 is 23.2 Å². The fourth-order valence-corrected chi connectivity index (χ4v) is 4.07. The summed E-state index contributed by atoms with van der Waals surface area (Å²) >= 11 is 12.1. The molecule has 4 heteroatoms. The number of nitrogens with zero attached hydrogens (tertiary/aromatic N) is 2. The van der Waals surface area contributed by atoms with Gasteiger partial charge in [-0.15, -0.1) is 11.6 Å². The molecule has 116 valence electrons. The minimum absolute atomic E-state index is 0.531. The van der Waals surface area contributed by atoms with Crippen LogP contribution in [0.3, 0.4) is 0 Å². The Labute approximate surface area is 138 Å². The second kappa shape index (κ2) is 7.21. The number of benzene rings is 1. The van der Waals surface area contributed by atoms with E-state index in [1.807, 2.05) is 12.1 Å². The van der Waals surface area contributed by atoms with E-state index in [-0.39, 0.29) is 0 Å². The van der Waals surface area contributed by atoms with Crippen molar-refractivity contribution in [3.8, 4) is 0 Å². The molecule has 0 radical (unpaired) electrons.